The third-order valence-corrected chi connectivity index (χ3v) is 11.0. The molecular weight excluding hydrogens is 748 g/mol. The van der Waals surface area contributed by atoms with Gasteiger partial charge in [-0.05, 0) is 55.3 Å². The predicted octanol–water partition coefficient (Wildman–Crippen LogP) is 6.88. The fourth-order valence-corrected chi connectivity index (χ4v) is 8.11. The molecule has 300 valence electrons. The first-order valence-corrected chi connectivity index (χ1v) is 19.3. The van der Waals surface area contributed by atoms with Crippen LogP contribution in [0.5, 0.6) is 11.5 Å². The zero-order chi connectivity index (χ0) is 40.3. The quantitative estimate of drug-likeness (QED) is 0.141. The summed E-state index contributed by atoms with van der Waals surface area (Å²) in [4.78, 5) is 34.8. The van der Waals surface area contributed by atoms with Crippen LogP contribution in [-0.2, 0) is 0 Å². The number of carbonyl (C=O) groups excluding carboxylic acids is 1. The minimum atomic E-state index is -0.842. The van der Waals surface area contributed by atoms with Crippen molar-refractivity contribution in [2.45, 2.75) is 18.9 Å². The lowest BCUT2D eigenvalue weighted by molar-refractivity contribution is 0.0816. The van der Waals surface area contributed by atoms with Crippen LogP contribution in [0.4, 0.5) is 36.2 Å². The number of methoxy groups -OCH3 is 2. The third kappa shape index (κ3) is 7.50. The highest BCUT2D eigenvalue weighted by molar-refractivity contribution is 5.95. The van der Waals surface area contributed by atoms with E-state index in [-0.39, 0.29) is 18.3 Å². The van der Waals surface area contributed by atoms with Gasteiger partial charge >= 0.3 is 0 Å². The SMILES string of the molecule is COc1cc(N(c2nccc(-c3c(-c4cccc(C(N)=O)c4)nc4ccccn34)n2)c2c(F)cccc2F)c(OC)cc1N1CCC(N2CCN(CCF)CC2)CC1. The Morgan fingerprint density at radius 3 is 2.31 bits per heavy atom. The topological polar surface area (TPSA) is 118 Å². The molecule has 2 aliphatic rings. The van der Waals surface area contributed by atoms with Gasteiger partial charge < -0.3 is 20.1 Å². The van der Waals surface area contributed by atoms with Crippen molar-refractivity contribution in [1.82, 2.24) is 29.2 Å². The van der Waals surface area contributed by atoms with Crippen molar-refractivity contribution in [2.75, 3.05) is 76.5 Å². The molecule has 0 atom stereocenters. The molecule has 2 N–H and O–H groups in total. The molecule has 2 aliphatic heterocycles. The molecular formula is C43H44F3N9O3. The van der Waals surface area contributed by atoms with Crippen molar-refractivity contribution >= 4 is 34.6 Å². The molecule has 0 bridgehead atoms. The standard InChI is InChI=1S/C43H44F3N9O3/c1-57-36-27-35(37(58-2)26-34(36)53-18-13-30(14-19-53)52-23-21-51(20-15-44)22-24-52)55(40-31(45)9-6-10-32(40)46)43-48-16-12-33(49-43)41-39(50-38-11-3-4-17-54(38)41)28-7-5-8-29(25-28)42(47)56/h3-12,16-17,25-27,30H,13-15,18-24H2,1-2H3,(H2,47,56). The van der Waals surface area contributed by atoms with Crippen molar-refractivity contribution in [3.63, 3.8) is 0 Å². The molecule has 3 aromatic carbocycles. The number of hydrogen-bond acceptors (Lipinski definition) is 10. The van der Waals surface area contributed by atoms with Crippen molar-refractivity contribution in [2.24, 2.45) is 5.73 Å². The number of imidazole rings is 1. The average Bonchev–Trinajstić information content (AvgIpc) is 3.65. The second-order valence-corrected chi connectivity index (χ2v) is 14.3. The summed E-state index contributed by atoms with van der Waals surface area (Å²) in [6.07, 6.45) is 5.21. The number of pyridine rings is 1. The average molecular weight is 792 g/mol. The molecule has 3 aromatic heterocycles. The number of piperazine rings is 1. The number of rotatable bonds is 12. The molecule has 12 nitrogen and oxygen atoms in total. The number of alkyl halides is 1. The van der Waals surface area contributed by atoms with Gasteiger partial charge in [-0.2, -0.15) is 0 Å². The number of anilines is 4. The van der Waals surface area contributed by atoms with E-state index in [2.05, 4.69) is 19.7 Å². The Hall–Kier alpha value is -6.19. The Labute approximate surface area is 334 Å². The molecule has 0 spiro atoms. The molecule has 2 saturated heterocycles. The van der Waals surface area contributed by atoms with E-state index in [9.17, 15) is 9.18 Å². The third-order valence-electron chi connectivity index (χ3n) is 11.0. The minimum absolute atomic E-state index is 0.0512. The summed E-state index contributed by atoms with van der Waals surface area (Å²) in [5.74, 6) is -1.52. The Bertz CT molecular complexity index is 2410. The van der Waals surface area contributed by atoms with Gasteiger partial charge in [0.05, 0.1) is 42.7 Å². The van der Waals surface area contributed by atoms with Crippen LogP contribution in [0.1, 0.15) is 23.2 Å². The Balaban J connectivity index is 1.19. The molecule has 6 aromatic rings. The van der Waals surface area contributed by atoms with Crippen LogP contribution in [0.25, 0.3) is 28.3 Å². The molecule has 15 heteroatoms. The van der Waals surface area contributed by atoms with Gasteiger partial charge in [-0.3, -0.25) is 23.9 Å². The summed E-state index contributed by atoms with van der Waals surface area (Å²) in [5.41, 5.74) is 9.24. The Morgan fingerprint density at radius 1 is 0.862 bits per heavy atom. The zero-order valence-electron chi connectivity index (χ0n) is 32.3. The fraction of sp³-hybridized carbons (Fsp3) is 0.302. The predicted molar refractivity (Wildman–Crippen MR) is 217 cm³/mol. The van der Waals surface area contributed by atoms with E-state index < -0.39 is 23.2 Å². The van der Waals surface area contributed by atoms with E-state index in [1.807, 2.05) is 40.9 Å². The number of nitrogens with zero attached hydrogens (tertiary/aromatic N) is 8. The summed E-state index contributed by atoms with van der Waals surface area (Å²) in [5, 5.41) is 0. The second-order valence-electron chi connectivity index (χ2n) is 14.3. The maximum Gasteiger partial charge on any atom is 0.248 e. The van der Waals surface area contributed by atoms with E-state index in [0.29, 0.717) is 57.9 Å². The van der Waals surface area contributed by atoms with Crippen molar-refractivity contribution in [1.29, 1.82) is 0 Å². The molecule has 1 amide bonds. The van der Waals surface area contributed by atoms with Crippen molar-refractivity contribution in [3.8, 4) is 34.1 Å². The van der Waals surface area contributed by atoms with Gasteiger partial charge in [0, 0.05) is 87.5 Å². The number of carbonyl (C=O) groups is 1. The molecule has 0 unspecified atom stereocenters. The van der Waals surface area contributed by atoms with E-state index >= 15 is 8.78 Å². The highest BCUT2D eigenvalue weighted by atomic mass is 19.1. The number of hydrogen-bond donors (Lipinski definition) is 1. The van der Waals surface area contributed by atoms with Crippen molar-refractivity contribution in [3.05, 3.63) is 108 Å². The number of nitrogens with two attached hydrogens (primary N) is 1. The van der Waals surface area contributed by atoms with Gasteiger partial charge in [-0.15, -0.1) is 0 Å². The van der Waals surface area contributed by atoms with Crippen LogP contribution in [0, 0.1) is 11.6 Å². The molecule has 5 heterocycles. The lowest BCUT2D eigenvalue weighted by Crippen LogP contribution is -2.53. The lowest BCUT2D eigenvalue weighted by Gasteiger charge is -2.43. The number of benzene rings is 3. The van der Waals surface area contributed by atoms with Crippen LogP contribution in [0.15, 0.2) is 91.3 Å². The number of piperidine rings is 1. The second kappa shape index (κ2) is 16.7. The van der Waals surface area contributed by atoms with E-state index in [1.54, 1.807) is 37.4 Å². The summed E-state index contributed by atoms with van der Waals surface area (Å²) >= 11 is 0. The highest BCUT2D eigenvalue weighted by Gasteiger charge is 2.32. The first-order chi connectivity index (χ1) is 28.3. The smallest absolute Gasteiger partial charge is 0.248 e. The number of fused-ring (bicyclic) bond motifs is 1. The minimum Gasteiger partial charge on any atom is -0.494 e. The van der Waals surface area contributed by atoms with Gasteiger partial charge in [0.1, 0.15) is 41.1 Å². The molecule has 0 saturated carbocycles. The molecule has 0 aliphatic carbocycles. The van der Waals surface area contributed by atoms with E-state index in [1.165, 1.54) is 36.4 Å². The van der Waals surface area contributed by atoms with Crippen molar-refractivity contribution < 1.29 is 27.4 Å². The fourth-order valence-electron chi connectivity index (χ4n) is 8.11. The van der Waals surface area contributed by atoms with Gasteiger partial charge in [0.25, 0.3) is 0 Å². The first-order valence-electron chi connectivity index (χ1n) is 19.3. The van der Waals surface area contributed by atoms with Crippen LogP contribution in [0.3, 0.4) is 0 Å². The first kappa shape index (κ1) is 38.7. The summed E-state index contributed by atoms with van der Waals surface area (Å²) in [7, 11) is 3.06. The van der Waals surface area contributed by atoms with Crippen LogP contribution in [0.2, 0.25) is 0 Å². The van der Waals surface area contributed by atoms with E-state index in [4.69, 9.17) is 25.2 Å². The van der Waals surface area contributed by atoms with Crippen LogP contribution < -0.4 is 25.0 Å². The van der Waals surface area contributed by atoms with Gasteiger partial charge in [0.2, 0.25) is 11.9 Å². The number of halogens is 3. The lowest BCUT2D eigenvalue weighted by atomic mass is 10.0. The maximum absolute atomic E-state index is 16.0. The molecule has 2 fully saturated rings. The molecule has 8 rings (SSSR count). The highest BCUT2D eigenvalue weighted by Crippen LogP contribution is 2.47. The number of amides is 1. The largest absolute Gasteiger partial charge is 0.494 e. The van der Waals surface area contributed by atoms with Crippen LogP contribution >= 0.6 is 0 Å². The summed E-state index contributed by atoms with van der Waals surface area (Å²) in [6.45, 7) is 5.26. The number of para-hydroxylation sites is 1. The molecule has 0 radical (unpaired) electrons. The number of primary amides is 1. The van der Waals surface area contributed by atoms with E-state index in [0.717, 1.165) is 57.8 Å². The summed E-state index contributed by atoms with van der Waals surface area (Å²) < 4.78 is 58.7. The number of aromatic nitrogens is 4. The van der Waals surface area contributed by atoms with Gasteiger partial charge in [-0.1, -0.05) is 24.3 Å². The summed E-state index contributed by atoms with van der Waals surface area (Å²) in [6, 6.07) is 21.6. The number of ether oxygens (including phenoxy) is 2. The zero-order valence-corrected chi connectivity index (χ0v) is 32.3. The Morgan fingerprint density at radius 2 is 1.60 bits per heavy atom. The maximum atomic E-state index is 16.0. The Kier molecular flexibility index (Phi) is 11.2. The molecule has 58 heavy (non-hydrogen) atoms. The monoisotopic (exact) mass is 791 g/mol. The van der Waals surface area contributed by atoms with Crippen LogP contribution in [-0.4, -0.2) is 108 Å². The normalized spacial score (nSPS) is 15.5. The van der Waals surface area contributed by atoms with Gasteiger partial charge in [-0.25, -0.2) is 28.1 Å². The van der Waals surface area contributed by atoms with Gasteiger partial charge in [0.15, 0.2) is 0 Å².